The van der Waals surface area contributed by atoms with Crippen LogP contribution in [-0.2, 0) is 4.74 Å². The summed E-state index contributed by atoms with van der Waals surface area (Å²) in [4.78, 5) is 15.2. The van der Waals surface area contributed by atoms with Crippen molar-refractivity contribution in [2.75, 3.05) is 18.0 Å². The van der Waals surface area contributed by atoms with Crippen LogP contribution in [0, 0.1) is 11.8 Å². The fourth-order valence-corrected chi connectivity index (χ4v) is 1.14. The van der Waals surface area contributed by atoms with Gasteiger partial charge in [0.2, 0.25) is 0 Å². The molecule has 5 N–H and O–H groups in total. The van der Waals surface area contributed by atoms with Gasteiger partial charge in [-0.15, -0.1) is 0 Å². The van der Waals surface area contributed by atoms with E-state index in [2.05, 4.69) is 22.1 Å². The van der Waals surface area contributed by atoms with Crippen molar-refractivity contribution >= 4 is 17.6 Å². The third-order valence-corrected chi connectivity index (χ3v) is 1.90. The van der Waals surface area contributed by atoms with Crippen LogP contribution in [0.15, 0.2) is 12.3 Å². The molecular formula is C13H18N4O2. The molecule has 0 saturated heterocycles. The van der Waals surface area contributed by atoms with Gasteiger partial charge in [0.1, 0.15) is 11.4 Å². The van der Waals surface area contributed by atoms with E-state index in [1.165, 1.54) is 6.20 Å². The number of anilines is 2. The number of rotatable bonds is 1. The van der Waals surface area contributed by atoms with Gasteiger partial charge in [-0.1, -0.05) is 11.8 Å². The van der Waals surface area contributed by atoms with Crippen molar-refractivity contribution in [3.05, 3.63) is 17.8 Å². The first kappa shape index (κ1) is 14.6. The second-order valence-corrected chi connectivity index (χ2v) is 4.86. The standard InChI is InChI=1S/C13H18N4O2/c1-13(2,3)19-12(18)16-6-4-5-9-7-10(14)11(15)17-8-9/h7-8H,6,14H2,1-3H3,(H2,15,17)(H,16,18). The fraction of sp³-hybridized carbons (Fsp3) is 0.385. The molecule has 102 valence electrons. The fourth-order valence-electron chi connectivity index (χ4n) is 1.14. The molecule has 0 spiro atoms. The molecular weight excluding hydrogens is 244 g/mol. The summed E-state index contributed by atoms with van der Waals surface area (Å²) in [6, 6.07) is 1.63. The topological polar surface area (TPSA) is 103 Å². The van der Waals surface area contributed by atoms with Crippen molar-refractivity contribution < 1.29 is 9.53 Å². The van der Waals surface area contributed by atoms with Crippen molar-refractivity contribution in [3.63, 3.8) is 0 Å². The highest BCUT2D eigenvalue weighted by Gasteiger charge is 2.14. The Hall–Kier alpha value is -2.42. The SMILES string of the molecule is CC(C)(C)OC(=O)NCC#Cc1cnc(N)c(N)c1. The number of nitrogens with one attached hydrogen (secondary N) is 1. The molecule has 1 heterocycles. The van der Waals surface area contributed by atoms with E-state index in [9.17, 15) is 4.79 Å². The highest BCUT2D eigenvalue weighted by Crippen LogP contribution is 2.11. The van der Waals surface area contributed by atoms with Crippen LogP contribution in [0.3, 0.4) is 0 Å². The second kappa shape index (κ2) is 5.96. The molecule has 1 aromatic heterocycles. The first-order valence-corrected chi connectivity index (χ1v) is 5.74. The summed E-state index contributed by atoms with van der Waals surface area (Å²) >= 11 is 0. The molecule has 1 aromatic rings. The minimum atomic E-state index is -0.521. The van der Waals surface area contributed by atoms with Crippen LogP contribution in [-0.4, -0.2) is 23.2 Å². The van der Waals surface area contributed by atoms with Gasteiger partial charge in [-0.2, -0.15) is 0 Å². The van der Waals surface area contributed by atoms with Crippen molar-refractivity contribution in [3.8, 4) is 11.8 Å². The second-order valence-electron chi connectivity index (χ2n) is 4.86. The number of nitrogens with zero attached hydrogens (tertiary/aromatic N) is 1. The first-order chi connectivity index (χ1) is 8.78. The lowest BCUT2D eigenvalue weighted by Crippen LogP contribution is -2.32. The van der Waals surface area contributed by atoms with Crippen LogP contribution in [0.4, 0.5) is 16.3 Å². The predicted octanol–water partition coefficient (Wildman–Crippen LogP) is 1.12. The van der Waals surface area contributed by atoms with E-state index < -0.39 is 11.7 Å². The number of carbonyl (C=O) groups is 1. The maximum atomic E-state index is 11.3. The molecule has 0 radical (unpaired) electrons. The molecule has 0 aliphatic rings. The zero-order valence-electron chi connectivity index (χ0n) is 11.3. The average molecular weight is 262 g/mol. The number of aromatic nitrogens is 1. The Morgan fingerprint density at radius 2 is 2.16 bits per heavy atom. The predicted molar refractivity (Wildman–Crippen MR) is 74.2 cm³/mol. The summed E-state index contributed by atoms with van der Waals surface area (Å²) in [6.45, 7) is 5.56. The van der Waals surface area contributed by atoms with Crippen molar-refractivity contribution in [2.24, 2.45) is 0 Å². The maximum absolute atomic E-state index is 11.3. The molecule has 0 aromatic carbocycles. The van der Waals surface area contributed by atoms with E-state index >= 15 is 0 Å². The number of amides is 1. The van der Waals surface area contributed by atoms with E-state index in [0.29, 0.717) is 11.3 Å². The largest absolute Gasteiger partial charge is 0.444 e. The molecule has 0 atom stereocenters. The average Bonchev–Trinajstić information content (AvgIpc) is 2.27. The summed E-state index contributed by atoms with van der Waals surface area (Å²) in [5.74, 6) is 5.85. The van der Waals surface area contributed by atoms with E-state index in [1.54, 1.807) is 26.8 Å². The monoisotopic (exact) mass is 262 g/mol. The molecule has 6 nitrogen and oxygen atoms in total. The van der Waals surface area contributed by atoms with Gasteiger partial charge in [-0.05, 0) is 26.8 Å². The minimum Gasteiger partial charge on any atom is -0.444 e. The highest BCUT2D eigenvalue weighted by atomic mass is 16.6. The van der Waals surface area contributed by atoms with Crippen LogP contribution in [0.5, 0.6) is 0 Å². The minimum absolute atomic E-state index is 0.180. The Kier molecular flexibility index (Phi) is 4.59. The number of hydrogen-bond acceptors (Lipinski definition) is 5. The lowest BCUT2D eigenvalue weighted by Gasteiger charge is -2.18. The number of pyridine rings is 1. The van der Waals surface area contributed by atoms with Gasteiger partial charge in [0.15, 0.2) is 0 Å². The van der Waals surface area contributed by atoms with Gasteiger partial charge in [0, 0.05) is 11.8 Å². The Bertz CT molecular complexity index is 524. The van der Waals surface area contributed by atoms with E-state index in [-0.39, 0.29) is 12.4 Å². The molecule has 6 heteroatoms. The summed E-state index contributed by atoms with van der Waals surface area (Å²) in [7, 11) is 0. The molecule has 0 aliphatic carbocycles. The Morgan fingerprint density at radius 1 is 1.47 bits per heavy atom. The third-order valence-electron chi connectivity index (χ3n) is 1.90. The Balaban J connectivity index is 2.47. The van der Waals surface area contributed by atoms with Crippen LogP contribution < -0.4 is 16.8 Å². The van der Waals surface area contributed by atoms with E-state index in [0.717, 1.165) is 0 Å². The first-order valence-electron chi connectivity index (χ1n) is 5.74. The van der Waals surface area contributed by atoms with Gasteiger partial charge in [-0.25, -0.2) is 9.78 Å². The van der Waals surface area contributed by atoms with Crippen molar-refractivity contribution in [2.45, 2.75) is 26.4 Å². The lowest BCUT2D eigenvalue weighted by molar-refractivity contribution is 0.0535. The number of alkyl carbamates (subject to hydrolysis) is 1. The number of ether oxygens (including phenoxy) is 1. The van der Waals surface area contributed by atoms with Gasteiger partial charge in [-0.3, -0.25) is 0 Å². The maximum Gasteiger partial charge on any atom is 0.408 e. The zero-order chi connectivity index (χ0) is 14.5. The smallest absolute Gasteiger partial charge is 0.408 e. The van der Waals surface area contributed by atoms with Crippen LogP contribution in [0.1, 0.15) is 26.3 Å². The van der Waals surface area contributed by atoms with E-state index in [1.807, 2.05) is 0 Å². The number of nitrogen functional groups attached to an aromatic ring is 2. The molecule has 1 rings (SSSR count). The molecule has 1 amide bonds. The summed E-state index contributed by atoms with van der Waals surface area (Å²) in [5, 5.41) is 2.52. The molecule has 0 fully saturated rings. The van der Waals surface area contributed by atoms with Crippen molar-refractivity contribution in [1.82, 2.24) is 10.3 Å². The molecule has 0 unspecified atom stereocenters. The Morgan fingerprint density at radius 3 is 2.74 bits per heavy atom. The molecule has 0 saturated carbocycles. The van der Waals surface area contributed by atoms with Gasteiger partial charge in [0.05, 0.1) is 12.2 Å². The van der Waals surface area contributed by atoms with Crippen LogP contribution in [0.2, 0.25) is 0 Å². The zero-order valence-corrected chi connectivity index (χ0v) is 11.3. The third kappa shape index (κ3) is 5.64. The number of hydrogen-bond donors (Lipinski definition) is 3. The van der Waals surface area contributed by atoms with Crippen molar-refractivity contribution in [1.29, 1.82) is 0 Å². The van der Waals surface area contributed by atoms with Gasteiger partial charge < -0.3 is 21.5 Å². The van der Waals surface area contributed by atoms with Crippen LogP contribution >= 0.6 is 0 Å². The van der Waals surface area contributed by atoms with Crippen LogP contribution in [0.25, 0.3) is 0 Å². The Labute approximate surface area is 112 Å². The quantitative estimate of drug-likeness (QED) is 0.658. The van der Waals surface area contributed by atoms with Gasteiger partial charge >= 0.3 is 6.09 Å². The highest BCUT2D eigenvalue weighted by molar-refractivity contribution is 5.68. The summed E-state index contributed by atoms with van der Waals surface area (Å²) in [5.41, 5.74) is 11.6. The molecule has 19 heavy (non-hydrogen) atoms. The normalized spacial score (nSPS) is 10.3. The van der Waals surface area contributed by atoms with Gasteiger partial charge in [0.25, 0.3) is 0 Å². The number of nitrogens with two attached hydrogens (primary N) is 2. The summed E-state index contributed by atoms with van der Waals surface area (Å²) < 4.78 is 5.06. The molecule has 0 bridgehead atoms. The number of carbonyl (C=O) groups excluding carboxylic acids is 1. The lowest BCUT2D eigenvalue weighted by atomic mass is 10.2. The molecule has 0 aliphatic heterocycles. The van der Waals surface area contributed by atoms with E-state index in [4.69, 9.17) is 16.2 Å². The summed E-state index contributed by atoms with van der Waals surface area (Å²) in [6.07, 6.45) is 1.02.